The van der Waals surface area contributed by atoms with Gasteiger partial charge in [0.1, 0.15) is 0 Å². The molecule has 0 atom stereocenters. The Morgan fingerprint density at radius 1 is 1.40 bits per heavy atom. The Morgan fingerprint density at radius 3 is 2.70 bits per heavy atom. The van der Waals surface area contributed by atoms with E-state index in [0.29, 0.717) is 12.1 Å². The predicted octanol–water partition coefficient (Wildman–Crippen LogP) is 0.216. The van der Waals surface area contributed by atoms with E-state index in [2.05, 4.69) is 29.0 Å². The molecule has 6 nitrogen and oxygen atoms in total. The fourth-order valence-electron chi connectivity index (χ4n) is 2.23. The van der Waals surface area contributed by atoms with Gasteiger partial charge in [-0.3, -0.25) is 14.5 Å². The molecule has 0 saturated carbocycles. The summed E-state index contributed by atoms with van der Waals surface area (Å²) in [6, 6.07) is 2.87. The molecule has 0 spiro atoms. The number of carbonyl (C=O) groups is 1. The second kappa shape index (κ2) is 6.19. The smallest absolute Gasteiger partial charge is 0.252 e. The van der Waals surface area contributed by atoms with Crippen LogP contribution in [0.5, 0.6) is 0 Å². The average molecular weight is 279 g/mol. The van der Waals surface area contributed by atoms with Crippen LogP contribution >= 0.6 is 0 Å². The summed E-state index contributed by atoms with van der Waals surface area (Å²) in [6.45, 7) is 7.97. The van der Waals surface area contributed by atoms with Gasteiger partial charge in [0, 0.05) is 37.4 Å². The van der Waals surface area contributed by atoms with E-state index in [4.69, 9.17) is 4.74 Å². The number of hydrogen-bond donors (Lipinski definition) is 2. The van der Waals surface area contributed by atoms with Crippen LogP contribution in [0.1, 0.15) is 24.2 Å². The zero-order valence-corrected chi connectivity index (χ0v) is 11.9. The van der Waals surface area contributed by atoms with E-state index in [1.165, 1.54) is 18.3 Å². The molecule has 1 fully saturated rings. The Kier molecular flexibility index (Phi) is 4.57. The number of nitrogens with one attached hydrogen (secondary N) is 2. The van der Waals surface area contributed by atoms with E-state index in [9.17, 15) is 9.59 Å². The number of rotatable bonds is 4. The van der Waals surface area contributed by atoms with Gasteiger partial charge in [0.2, 0.25) is 5.56 Å². The zero-order valence-electron chi connectivity index (χ0n) is 11.9. The average Bonchev–Trinajstić information content (AvgIpc) is 2.46. The van der Waals surface area contributed by atoms with Gasteiger partial charge < -0.3 is 15.0 Å². The Balaban J connectivity index is 1.91. The number of carbonyl (C=O) groups excluding carboxylic acids is 1. The summed E-state index contributed by atoms with van der Waals surface area (Å²) in [7, 11) is 0. The fraction of sp³-hybridized carbons (Fsp3) is 0.571. The maximum absolute atomic E-state index is 12.0. The van der Waals surface area contributed by atoms with E-state index in [-0.39, 0.29) is 17.0 Å². The van der Waals surface area contributed by atoms with Gasteiger partial charge in [-0.2, -0.15) is 0 Å². The van der Waals surface area contributed by atoms with Gasteiger partial charge in [-0.15, -0.1) is 0 Å². The predicted molar refractivity (Wildman–Crippen MR) is 75.9 cm³/mol. The number of aromatic amines is 1. The van der Waals surface area contributed by atoms with Crippen LogP contribution in [0.3, 0.4) is 0 Å². The largest absolute Gasteiger partial charge is 0.379 e. The normalized spacial score (nSPS) is 16.9. The lowest BCUT2D eigenvalue weighted by Crippen LogP contribution is -2.55. The monoisotopic (exact) mass is 279 g/mol. The van der Waals surface area contributed by atoms with Crippen molar-refractivity contribution in [3.8, 4) is 0 Å². The maximum atomic E-state index is 12.0. The number of ether oxygens (including phenoxy) is 1. The lowest BCUT2D eigenvalue weighted by Gasteiger charge is -2.40. The number of nitrogens with zero attached hydrogens (tertiary/aromatic N) is 1. The minimum atomic E-state index is -0.213. The molecule has 2 heterocycles. The highest BCUT2D eigenvalue weighted by atomic mass is 16.5. The Morgan fingerprint density at radius 2 is 2.10 bits per heavy atom. The van der Waals surface area contributed by atoms with E-state index in [0.717, 1.165) is 26.3 Å². The number of H-pyrrole nitrogens is 1. The highest BCUT2D eigenvalue weighted by Crippen LogP contribution is 2.15. The van der Waals surface area contributed by atoms with E-state index in [1.54, 1.807) is 0 Å². The Bertz CT molecular complexity index is 498. The molecule has 0 bridgehead atoms. The first kappa shape index (κ1) is 14.7. The van der Waals surface area contributed by atoms with Gasteiger partial charge >= 0.3 is 0 Å². The van der Waals surface area contributed by atoms with Crippen molar-refractivity contribution in [3.63, 3.8) is 0 Å². The van der Waals surface area contributed by atoms with Gasteiger partial charge in [-0.25, -0.2) is 0 Å². The third-order valence-electron chi connectivity index (χ3n) is 3.60. The third kappa shape index (κ3) is 3.68. The SMILES string of the molecule is CC(C)(CNC(=O)c1ccc(=O)[nH]c1)N1CCOCC1. The first-order chi connectivity index (χ1) is 9.49. The van der Waals surface area contributed by atoms with Crippen molar-refractivity contribution in [2.24, 2.45) is 0 Å². The first-order valence-electron chi connectivity index (χ1n) is 6.79. The van der Waals surface area contributed by atoms with Gasteiger partial charge in [-0.05, 0) is 19.9 Å². The topological polar surface area (TPSA) is 74.4 Å². The van der Waals surface area contributed by atoms with Gasteiger partial charge in [0.25, 0.3) is 5.91 Å². The van der Waals surface area contributed by atoms with Crippen LogP contribution < -0.4 is 10.9 Å². The number of aromatic nitrogens is 1. The second-order valence-electron chi connectivity index (χ2n) is 5.54. The summed E-state index contributed by atoms with van der Waals surface area (Å²) in [5.41, 5.74) is 0.124. The van der Waals surface area contributed by atoms with Crippen LogP contribution in [-0.4, -0.2) is 54.2 Å². The van der Waals surface area contributed by atoms with Crippen LogP contribution in [0, 0.1) is 0 Å². The van der Waals surface area contributed by atoms with Crippen LogP contribution in [0.2, 0.25) is 0 Å². The third-order valence-corrected chi connectivity index (χ3v) is 3.60. The van der Waals surface area contributed by atoms with Crippen molar-refractivity contribution >= 4 is 5.91 Å². The van der Waals surface area contributed by atoms with Crippen molar-refractivity contribution < 1.29 is 9.53 Å². The maximum Gasteiger partial charge on any atom is 0.252 e. The van der Waals surface area contributed by atoms with Crippen molar-refractivity contribution in [1.82, 2.24) is 15.2 Å². The molecule has 1 aromatic rings. The Labute approximate surface area is 118 Å². The molecule has 1 aromatic heterocycles. The van der Waals surface area contributed by atoms with E-state index < -0.39 is 0 Å². The summed E-state index contributed by atoms with van der Waals surface area (Å²) in [4.78, 5) is 27.8. The van der Waals surface area contributed by atoms with Crippen molar-refractivity contribution in [3.05, 3.63) is 34.2 Å². The molecule has 2 N–H and O–H groups in total. The molecule has 0 aliphatic carbocycles. The molecule has 0 radical (unpaired) electrons. The van der Waals surface area contributed by atoms with Gasteiger partial charge in [0.05, 0.1) is 18.8 Å². The lowest BCUT2D eigenvalue weighted by molar-refractivity contribution is -0.00923. The van der Waals surface area contributed by atoms with Crippen LogP contribution in [0.25, 0.3) is 0 Å². The van der Waals surface area contributed by atoms with Crippen LogP contribution in [-0.2, 0) is 4.74 Å². The van der Waals surface area contributed by atoms with Crippen molar-refractivity contribution in [2.45, 2.75) is 19.4 Å². The highest BCUT2D eigenvalue weighted by Gasteiger charge is 2.28. The first-order valence-corrected chi connectivity index (χ1v) is 6.79. The highest BCUT2D eigenvalue weighted by molar-refractivity contribution is 5.93. The molecule has 6 heteroatoms. The van der Waals surface area contributed by atoms with Crippen LogP contribution in [0.15, 0.2) is 23.1 Å². The standard InChI is InChI=1S/C14H21N3O3/c1-14(2,17-5-7-20-8-6-17)10-16-13(19)11-3-4-12(18)15-9-11/h3-4,9H,5-8,10H2,1-2H3,(H,15,18)(H,16,19). The van der Waals surface area contributed by atoms with Crippen LogP contribution in [0.4, 0.5) is 0 Å². The number of morpholine rings is 1. The second-order valence-corrected chi connectivity index (χ2v) is 5.54. The summed E-state index contributed by atoms with van der Waals surface area (Å²) >= 11 is 0. The molecule has 0 aromatic carbocycles. The fourth-order valence-corrected chi connectivity index (χ4v) is 2.23. The molecule has 0 unspecified atom stereocenters. The summed E-state index contributed by atoms with van der Waals surface area (Å²) in [5, 5.41) is 2.91. The molecule has 1 saturated heterocycles. The van der Waals surface area contributed by atoms with E-state index >= 15 is 0 Å². The minimum absolute atomic E-state index is 0.123. The lowest BCUT2D eigenvalue weighted by atomic mass is 10.0. The molecule has 110 valence electrons. The van der Waals surface area contributed by atoms with Crippen molar-refractivity contribution in [2.75, 3.05) is 32.8 Å². The van der Waals surface area contributed by atoms with E-state index in [1.807, 2.05) is 0 Å². The number of amides is 1. The number of hydrogen-bond acceptors (Lipinski definition) is 4. The zero-order chi connectivity index (χ0) is 14.6. The molecule has 1 aliphatic rings. The van der Waals surface area contributed by atoms with Gasteiger partial charge in [0.15, 0.2) is 0 Å². The summed E-state index contributed by atoms with van der Waals surface area (Å²) in [6.07, 6.45) is 1.43. The molecule has 2 rings (SSSR count). The molecule has 20 heavy (non-hydrogen) atoms. The van der Waals surface area contributed by atoms with Gasteiger partial charge in [-0.1, -0.05) is 0 Å². The molecular formula is C14H21N3O3. The minimum Gasteiger partial charge on any atom is -0.379 e. The molecule has 1 aliphatic heterocycles. The summed E-state index contributed by atoms with van der Waals surface area (Å²) < 4.78 is 5.34. The quantitative estimate of drug-likeness (QED) is 0.826. The number of pyridine rings is 1. The molecule has 1 amide bonds. The molecular weight excluding hydrogens is 258 g/mol. The Hall–Kier alpha value is -1.66. The summed E-state index contributed by atoms with van der Waals surface area (Å²) in [5.74, 6) is -0.178. The van der Waals surface area contributed by atoms with Crippen molar-refractivity contribution in [1.29, 1.82) is 0 Å².